The molecule has 1 aromatic carbocycles. The van der Waals surface area contributed by atoms with Gasteiger partial charge >= 0.3 is 0 Å². The van der Waals surface area contributed by atoms with Crippen molar-refractivity contribution in [1.82, 2.24) is 20.2 Å². The van der Waals surface area contributed by atoms with E-state index in [-0.39, 0.29) is 0 Å². The van der Waals surface area contributed by atoms with Crippen molar-refractivity contribution in [3.8, 4) is 17.1 Å². The standard InChI is InChI=1S/C14H19N5O/c1-9(10-3-4-10)8-19-14(16-17-18-19)11-5-12(15)7-13(6-11)20-2/h5-7,9-10H,3-4,8,15H2,1-2H3. The second kappa shape index (κ2) is 5.11. The van der Waals surface area contributed by atoms with Crippen molar-refractivity contribution >= 4 is 5.69 Å². The van der Waals surface area contributed by atoms with Crippen LogP contribution in [-0.4, -0.2) is 27.3 Å². The number of nitrogens with two attached hydrogens (primary N) is 1. The summed E-state index contributed by atoms with van der Waals surface area (Å²) in [6.07, 6.45) is 2.65. The average molecular weight is 273 g/mol. The first-order valence-corrected chi connectivity index (χ1v) is 6.88. The smallest absolute Gasteiger partial charge is 0.182 e. The van der Waals surface area contributed by atoms with E-state index < -0.39 is 0 Å². The molecule has 3 rings (SSSR count). The Morgan fingerprint density at radius 3 is 2.90 bits per heavy atom. The van der Waals surface area contributed by atoms with Gasteiger partial charge in [0.05, 0.1) is 7.11 Å². The Kier molecular flexibility index (Phi) is 3.30. The molecule has 1 aromatic heterocycles. The van der Waals surface area contributed by atoms with Gasteiger partial charge in [-0.2, -0.15) is 0 Å². The molecule has 0 spiro atoms. The third-order valence-electron chi connectivity index (χ3n) is 3.84. The van der Waals surface area contributed by atoms with E-state index in [1.54, 1.807) is 13.2 Å². The zero-order valence-electron chi connectivity index (χ0n) is 11.8. The maximum atomic E-state index is 5.89. The molecule has 0 radical (unpaired) electrons. The van der Waals surface area contributed by atoms with Crippen LogP contribution in [0.5, 0.6) is 5.75 Å². The van der Waals surface area contributed by atoms with Gasteiger partial charge in [-0.25, -0.2) is 4.68 Å². The van der Waals surface area contributed by atoms with Crippen LogP contribution in [0.25, 0.3) is 11.4 Å². The number of hydrogen-bond acceptors (Lipinski definition) is 5. The third-order valence-corrected chi connectivity index (χ3v) is 3.84. The Bertz CT molecular complexity index is 605. The minimum Gasteiger partial charge on any atom is -0.497 e. The molecule has 0 amide bonds. The van der Waals surface area contributed by atoms with Crippen molar-refractivity contribution in [3.05, 3.63) is 18.2 Å². The van der Waals surface area contributed by atoms with Gasteiger partial charge in [0.25, 0.3) is 0 Å². The number of methoxy groups -OCH3 is 1. The van der Waals surface area contributed by atoms with Crippen LogP contribution in [0.15, 0.2) is 18.2 Å². The average Bonchev–Trinajstić information content (AvgIpc) is 3.19. The molecule has 0 saturated heterocycles. The zero-order valence-corrected chi connectivity index (χ0v) is 11.8. The highest BCUT2D eigenvalue weighted by atomic mass is 16.5. The molecule has 20 heavy (non-hydrogen) atoms. The van der Waals surface area contributed by atoms with Gasteiger partial charge in [0, 0.05) is 23.9 Å². The molecule has 6 heteroatoms. The predicted octanol–water partition coefficient (Wildman–Crippen LogP) is 1.98. The van der Waals surface area contributed by atoms with E-state index in [9.17, 15) is 0 Å². The lowest BCUT2D eigenvalue weighted by Crippen LogP contribution is -2.12. The Morgan fingerprint density at radius 2 is 2.20 bits per heavy atom. The predicted molar refractivity (Wildman–Crippen MR) is 76.1 cm³/mol. The van der Waals surface area contributed by atoms with Crippen LogP contribution in [-0.2, 0) is 6.54 Å². The molecule has 1 fully saturated rings. The number of hydrogen-bond donors (Lipinski definition) is 1. The number of anilines is 1. The van der Waals surface area contributed by atoms with Gasteiger partial charge < -0.3 is 10.5 Å². The van der Waals surface area contributed by atoms with Crippen LogP contribution in [0.2, 0.25) is 0 Å². The van der Waals surface area contributed by atoms with E-state index in [1.165, 1.54) is 12.8 Å². The number of nitrogens with zero attached hydrogens (tertiary/aromatic N) is 4. The Morgan fingerprint density at radius 1 is 1.40 bits per heavy atom. The summed E-state index contributed by atoms with van der Waals surface area (Å²) in [5.41, 5.74) is 7.42. The van der Waals surface area contributed by atoms with Crippen LogP contribution < -0.4 is 10.5 Å². The zero-order chi connectivity index (χ0) is 14.1. The summed E-state index contributed by atoms with van der Waals surface area (Å²) in [4.78, 5) is 0. The van der Waals surface area contributed by atoms with E-state index in [4.69, 9.17) is 10.5 Å². The Hall–Kier alpha value is -2.11. The minimum atomic E-state index is 0.597. The molecule has 0 aliphatic heterocycles. The topological polar surface area (TPSA) is 78.8 Å². The van der Waals surface area contributed by atoms with Crippen LogP contribution in [0.4, 0.5) is 5.69 Å². The van der Waals surface area contributed by atoms with Crippen molar-refractivity contribution in [2.45, 2.75) is 26.3 Å². The lowest BCUT2D eigenvalue weighted by Gasteiger charge is -2.11. The fourth-order valence-corrected chi connectivity index (χ4v) is 2.49. The number of aromatic nitrogens is 4. The molecular formula is C14H19N5O. The van der Waals surface area contributed by atoms with Crippen molar-refractivity contribution in [2.75, 3.05) is 12.8 Å². The molecule has 2 aromatic rings. The third kappa shape index (κ3) is 2.59. The Labute approximate surface area is 117 Å². The number of ether oxygens (including phenoxy) is 1. The minimum absolute atomic E-state index is 0.597. The molecule has 1 aliphatic rings. The number of rotatable bonds is 5. The molecule has 2 N–H and O–H groups in total. The van der Waals surface area contributed by atoms with Crippen LogP contribution >= 0.6 is 0 Å². The molecular weight excluding hydrogens is 254 g/mol. The van der Waals surface area contributed by atoms with Gasteiger partial charge in [-0.1, -0.05) is 6.92 Å². The lowest BCUT2D eigenvalue weighted by molar-refractivity contribution is 0.402. The van der Waals surface area contributed by atoms with Crippen molar-refractivity contribution in [2.24, 2.45) is 11.8 Å². The SMILES string of the molecule is COc1cc(N)cc(-c2nnnn2CC(C)C2CC2)c1. The van der Waals surface area contributed by atoms with Gasteiger partial charge in [-0.15, -0.1) is 5.10 Å². The number of benzene rings is 1. The molecule has 0 bridgehead atoms. The van der Waals surface area contributed by atoms with E-state index in [1.807, 2.05) is 16.8 Å². The summed E-state index contributed by atoms with van der Waals surface area (Å²) in [7, 11) is 1.62. The van der Waals surface area contributed by atoms with Gasteiger partial charge in [-0.3, -0.25) is 0 Å². The van der Waals surface area contributed by atoms with Crippen LogP contribution in [0, 0.1) is 11.8 Å². The quantitative estimate of drug-likeness (QED) is 0.843. The maximum Gasteiger partial charge on any atom is 0.182 e. The van der Waals surface area contributed by atoms with Gasteiger partial charge in [-0.05, 0) is 47.2 Å². The monoisotopic (exact) mass is 273 g/mol. The molecule has 106 valence electrons. The normalized spacial score (nSPS) is 16.1. The summed E-state index contributed by atoms with van der Waals surface area (Å²) in [5.74, 6) is 2.87. The fourth-order valence-electron chi connectivity index (χ4n) is 2.49. The van der Waals surface area contributed by atoms with Crippen molar-refractivity contribution < 1.29 is 4.74 Å². The highest BCUT2D eigenvalue weighted by Crippen LogP contribution is 2.37. The van der Waals surface area contributed by atoms with Gasteiger partial charge in [0.15, 0.2) is 5.82 Å². The number of nitrogen functional groups attached to an aromatic ring is 1. The molecule has 1 saturated carbocycles. The van der Waals surface area contributed by atoms with E-state index in [0.29, 0.717) is 17.4 Å². The first kappa shape index (κ1) is 12.9. The summed E-state index contributed by atoms with van der Waals surface area (Å²) in [6, 6.07) is 5.55. The van der Waals surface area contributed by atoms with E-state index in [0.717, 1.165) is 23.9 Å². The second-order valence-electron chi connectivity index (χ2n) is 5.49. The molecule has 1 atom stereocenters. The Balaban J connectivity index is 1.90. The summed E-state index contributed by atoms with van der Waals surface area (Å²) in [6.45, 7) is 3.09. The summed E-state index contributed by atoms with van der Waals surface area (Å²) in [5, 5.41) is 12.0. The molecule has 1 aliphatic carbocycles. The first-order valence-electron chi connectivity index (χ1n) is 6.88. The van der Waals surface area contributed by atoms with Crippen molar-refractivity contribution in [3.63, 3.8) is 0 Å². The highest BCUT2D eigenvalue weighted by Gasteiger charge is 2.29. The highest BCUT2D eigenvalue weighted by molar-refractivity contribution is 5.64. The molecule has 1 unspecified atom stereocenters. The van der Waals surface area contributed by atoms with E-state index in [2.05, 4.69) is 22.4 Å². The number of tetrazole rings is 1. The molecule has 6 nitrogen and oxygen atoms in total. The van der Waals surface area contributed by atoms with Crippen LogP contribution in [0.3, 0.4) is 0 Å². The summed E-state index contributed by atoms with van der Waals surface area (Å²) >= 11 is 0. The lowest BCUT2D eigenvalue weighted by atomic mass is 10.1. The van der Waals surface area contributed by atoms with Crippen molar-refractivity contribution in [1.29, 1.82) is 0 Å². The summed E-state index contributed by atoms with van der Waals surface area (Å²) < 4.78 is 7.10. The fraction of sp³-hybridized carbons (Fsp3) is 0.500. The first-order chi connectivity index (χ1) is 9.67. The van der Waals surface area contributed by atoms with Gasteiger partial charge in [0.2, 0.25) is 0 Å². The molecule has 1 heterocycles. The van der Waals surface area contributed by atoms with Gasteiger partial charge in [0.1, 0.15) is 5.75 Å². The maximum absolute atomic E-state index is 5.89. The second-order valence-corrected chi connectivity index (χ2v) is 5.49. The van der Waals surface area contributed by atoms with Crippen LogP contribution in [0.1, 0.15) is 19.8 Å². The van der Waals surface area contributed by atoms with E-state index >= 15 is 0 Å². The largest absolute Gasteiger partial charge is 0.497 e.